The molecule has 0 amide bonds. The smallest absolute Gasteiger partial charge is 0.319 e. The molecule has 1 atom stereocenters. The van der Waals surface area contributed by atoms with E-state index in [0.717, 1.165) is 0 Å². The summed E-state index contributed by atoms with van der Waals surface area (Å²) in [6.07, 6.45) is -11.3. The number of hydrogen-bond acceptors (Lipinski definition) is 1. The summed E-state index contributed by atoms with van der Waals surface area (Å²) in [6.45, 7) is 0. The molecule has 0 unspecified atom stereocenters. The molecule has 2 N–H and O–H groups in total. The lowest BCUT2D eigenvalue weighted by Gasteiger charge is -2.26. The van der Waals surface area contributed by atoms with Crippen molar-refractivity contribution in [3.8, 4) is 0 Å². The van der Waals surface area contributed by atoms with E-state index in [1.807, 2.05) is 0 Å². The summed E-state index contributed by atoms with van der Waals surface area (Å²) < 4.78 is 113. The zero-order chi connectivity index (χ0) is 16.8. The molecule has 1 aromatic carbocycles. The standard InChI is InChI=1S/C10H5ClF9N.ClH/c11-5-2-3(9(15,16)17)1-4(6(5)12)7(21)8(13,14)10(18,19)20;/h1-2,7H,21H2;1H/t7-;/m0./s1. The van der Waals surface area contributed by atoms with E-state index in [-0.39, 0.29) is 24.5 Å². The van der Waals surface area contributed by atoms with Gasteiger partial charge in [0.1, 0.15) is 11.9 Å². The number of alkyl halides is 8. The van der Waals surface area contributed by atoms with Crippen LogP contribution in [0.15, 0.2) is 12.1 Å². The van der Waals surface area contributed by atoms with E-state index in [1.54, 1.807) is 0 Å². The molecule has 0 aliphatic heterocycles. The zero-order valence-corrected chi connectivity index (χ0v) is 11.6. The van der Waals surface area contributed by atoms with Crippen molar-refractivity contribution in [3.63, 3.8) is 0 Å². The maximum Gasteiger partial charge on any atom is 0.455 e. The molecule has 0 aliphatic carbocycles. The molecule has 12 heteroatoms. The van der Waals surface area contributed by atoms with Gasteiger partial charge < -0.3 is 5.73 Å². The van der Waals surface area contributed by atoms with E-state index in [2.05, 4.69) is 5.73 Å². The van der Waals surface area contributed by atoms with Gasteiger partial charge in [0.05, 0.1) is 10.6 Å². The third-order valence-electron chi connectivity index (χ3n) is 2.49. The fourth-order valence-electron chi connectivity index (χ4n) is 1.37. The summed E-state index contributed by atoms with van der Waals surface area (Å²) in [7, 11) is 0. The quantitative estimate of drug-likeness (QED) is 0.707. The molecule has 22 heavy (non-hydrogen) atoms. The van der Waals surface area contributed by atoms with E-state index in [4.69, 9.17) is 11.6 Å². The van der Waals surface area contributed by atoms with Gasteiger partial charge in [-0.25, -0.2) is 4.39 Å². The predicted molar refractivity (Wildman–Crippen MR) is 61.6 cm³/mol. The first kappa shape index (κ1) is 21.1. The van der Waals surface area contributed by atoms with Crippen molar-refractivity contribution >= 4 is 24.0 Å². The van der Waals surface area contributed by atoms with Crippen molar-refractivity contribution in [2.24, 2.45) is 5.73 Å². The van der Waals surface area contributed by atoms with Crippen molar-refractivity contribution in [2.45, 2.75) is 24.3 Å². The van der Waals surface area contributed by atoms with Gasteiger partial charge in [0.15, 0.2) is 0 Å². The first-order valence-electron chi connectivity index (χ1n) is 4.96. The Kier molecular flexibility index (Phi) is 6.07. The van der Waals surface area contributed by atoms with Crippen LogP contribution in [0, 0.1) is 5.82 Å². The van der Waals surface area contributed by atoms with E-state index >= 15 is 0 Å². The highest BCUT2D eigenvalue weighted by atomic mass is 35.5. The topological polar surface area (TPSA) is 26.0 Å². The van der Waals surface area contributed by atoms with Crippen LogP contribution in [0.2, 0.25) is 5.02 Å². The summed E-state index contributed by atoms with van der Waals surface area (Å²) in [6, 6.07) is -3.55. The van der Waals surface area contributed by atoms with Gasteiger partial charge in [-0.3, -0.25) is 0 Å². The molecular weight excluding hydrogens is 376 g/mol. The lowest BCUT2D eigenvalue weighted by molar-refractivity contribution is -0.291. The highest BCUT2D eigenvalue weighted by molar-refractivity contribution is 6.30. The van der Waals surface area contributed by atoms with Crippen molar-refractivity contribution in [2.75, 3.05) is 0 Å². The van der Waals surface area contributed by atoms with Crippen LogP contribution in [0.25, 0.3) is 0 Å². The van der Waals surface area contributed by atoms with Crippen molar-refractivity contribution in [3.05, 3.63) is 34.1 Å². The Labute approximate surface area is 128 Å². The zero-order valence-electron chi connectivity index (χ0n) is 10.00. The minimum Gasteiger partial charge on any atom is -0.319 e. The fourth-order valence-corrected chi connectivity index (χ4v) is 1.60. The Balaban J connectivity index is 0.00000441. The van der Waals surface area contributed by atoms with Crippen LogP contribution in [-0.4, -0.2) is 12.1 Å². The lowest BCUT2D eigenvalue weighted by Crippen LogP contribution is -2.46. The van der Waals surface area contributed by atoms with Gasteiger partial charge in [0.25, 0.3) is 0 Å². The largest absolute Gasteiger partial charge is 0.455 e. The molecular formula is C10H6Cl2F9N. The third kappa shape index (κ3) is 3.90. The average Bonchev–Trinajstić information content (AvgIpc) is 2.28. The first-order chi connectivity index (χ1) is 9.19. The summed E-state index contributed by atoms with van der Waals surface area (Å²) >= 11 is 5.08. The summed E-state index contributed by atoms with van der Waals surface area (Å²) in [4.78, 5) is 0. The molecule has 128 valence electrons. The monoisotopic (exact) mass is 381 g/mol. The van der Waals surface area contributed by atoms with Gasteiger partial charge in [-0.1, -0.05) is 11.6 Å². The van der Waals surface area contributed by atoms with Gasteiger partial charge in [-0.05, 0) is 12.1 Å². The van der Waals surface area contributed by atoms with Crippen molar-refractivity contribution in [1.82, 2.24) is 0 Å². The lowest BCUT2D eigenvalue weighted by atomic mass is 9.98. The molecule has 0 bridgehead atoms. The van der Waals surface area contributed by atoms with E-state index in [9.17, 15) is 39.5 Å². The van der Waals surface area contributed by atoms with Gasteiger partial charge in [-0.15, -0.1) is 12.4 Å². The number of nitrogens with two attached hydrogens (primary N) is 1. The molecule has 1 aromatic rings. The Morgan fingerprint density at radius 1 is 0.955 bits per heavy atom. The van der Waals surface area contributed by atoms with Crippen molar-refractivity contribution < 1.29 is 39.5 Å². The Hall–Kier alpha value is -0.870. The number of benzene rings is 1. The maximum atomic E-state index is 13.5. The number of rotatable bonds is 2. The fraction of sp³-hybridized carbons (Fsp3) is 0.400. The molecule has 0 saturated heterocycles. The Morgan fingerprint density at radius 3 is 1.77 bits per heavy atom. The first-order valence-corrected chi connectivity index (χ1v) is 5.33. The second-order valence-electron chi connectivity index (χ2n) is 3.96. The van der Waals surface area contributed by atoms with E-state index in [1.165, 1.54) is 0 Å². The molecule has 0 spiro atoms. The third-order valence-corrected chi connectivity index (χ3v) is 2.76. The van der Waals surface area contributed by atoms with Gasteiger partial charge in [0.2, 0.25) is 0 Å². The van der Waals surface area contributed by atoms with E-state index in [0.29, 0.717) is 0 Å². The van der Waals surface area contributed by atoms with Crippen LogP contribution in [0.1, 0.15) is 17.2 Å². The molecule has 0 saturated carbocycles. The van der Waals surface area contributed by atoms with Crippen molar-refractivity contribution in [1.29, 1.82) is 0 Å². The van der Waals surface area contributed by atoms with Crippen LogP contribution >= 0.6 is 24.0 Å². The molecule has 0 heterocycles. The molecule has 0 radical (unpaired) electrons. The highest BCUT2D eigenvalue weighted by Crippen LogP contribution is 2.45. The van der Waals surface area contributed by atoms with Crippen LogP contribution in [0.3, 0.4) is 0 Å². The van der Waals surface area contributed by atoms with Gasteiger partial charge in [0, 0.05) is 5.56 Å². The predicted octanol–water partition coefficient (Wildman–Crippen LogP) is 5.12. The summed E-state index contributed by atoms with van der Waals surface area (Å²) in [5, 5.41) is -1.27. The molecule has 0 aromatic heterocycles. The highest BCUT2D eigenvalue weighted by Gasteiger charge is 2.62. The average molecular weight is 382 g/mol. The number of hydrogen-bond donors (Lipinski definition) is 1. The van der Waals surface area contributed by atoms with Crippen LogP contribution in [-0.2, 0) is 6.18 Å². The summed E-state index contributed by atoms with van der Waals surface area (Å²) in [5.41, 5.74) is 1.22. The molecule has 0 fully saturated rings. The molecule has 0 aliphatic rings. The summed E-state index contributed by atoms with van der Waals surface area (Å²) in [5.74, 6) is -7.51. The van der Waals surface area contributed by atoms with Gasteiger partial charge in [-0.2, -0.15) is 35.1 Å². The molecule has 1 nitrogen and oxygen atoms in total. The van der Waals surface area contributed by atoms with Gasteiger partial charge >= 0.3 is 18.3 Å². The second-order valence-corrected chi connectivity index (χ2v) is 4.36. The van der Waals surface area contributed by atoms with Crippen LogP contribution in [0.5, 0.6) is 0 Å². The molecule has 1 rings (SSSR count). The van der Waals surface area contributed by atoms with Crippen LogP contribution < -0.4 is 5.73 Å². The Morgan fingerprint density at radius 2 is 1.41 bits per heavy atom. The Bertz CT molecular complexity index is 538. The second kappa shape index (κ2) is 6.32. The van der Waals surface area contributed by atoms with E-state index < -0.39 is 46.3 Å². The maximum absolute atomic E-state index is 13.5. The minimum atomic E-state index is -6.17. The van der Waals surface area contributed by atoms with Crippen LogP contribution in [0.4, 0.5) is 39.5 Å². The minimum absolute atomic E-state index is 0. The SMILES string of the molecule is Cl.N[C@@H](c1cc(C(F)(F)F)cc(Cl)c1F)C(F)(F)C(F)(F)F. The number of halogens is 11. The normalized spacial score (nSPS) is 14.5.